The molecule has 0 saturated heterocycles. The molecule has 0 saturated carbocycles. The number of aromatic amines is 1. The molecule has 0 unspecified atom stereocenters. The third-order valence-electron chi connectivity index (χ3n) is 3.35. The van der Waals surface area contributed by atoms with Gasteiger partial charge in [-0.05, 0) is 24.6 Å². The Balaban J connectivity index is 2.21. The molecule has 2 aromatic heterocycles. The maximum Gasteiger partial charge on any atom is 0.272 e. The van der Waals surface area contributed by atoms with Crippen molar-refractivity contribution in [1.82, 2.24) is 20.0 Å². The van der Waals surface area contributed by atoms with Gasteiger partial charge in [0.1, 0.15) is 0 Å². The second kappa shape index (κ2) is 4.90. The van der Waals surface area contributed by atoms with Crippen molar-refractivity contribution in [1.29, 1.82) is 0 Å². The summed E-state index contributed by atoms with van der Waals surface area (Å²) >= 11 is 0. The van der Waals surface area contributed by atoms with E-state index in [1.54, 1.807) is 6.07 Å². The number of nitrogens with one attached hydrogen (secondary N) is 1. The molecule has 6 nitrogen and oxygen atoms in total. The van der Waals surface area contributed by atoms with Crippen LogP contribution in [0.5, 0.6) is 0 Å². The van der Waals surface area contributed by atoms with Crippen molar-refractivity contribution in [2.45, 2.75) is 20.0 Å². The lowest BCUT2D eigenvalue weighted by Gasteiger charge is -2.04. The van der Waals surface area contributed by atoms with Crippen LogP contribution in [0.1, 0.15) is 12.6 Å². The molecule has 6 heteroatoms. The van der Waals surface area contributed by atoms with Gasteiger partial charge in [0.25, 0.3) is 5.56 Å². The summed E-state index contributed by atoms with van der Waals surface area (Å²) in [6, 6.07) is 5.65. The van der Waals surface area contributed by atoms with Gasteiger partial charge in [-0.1, -0.05) is 6.07 Å². The molecular formula is C14H15N5O. The Bertz CT molecular complexity index is 818. The molecule has 3 N–H and O–H groups in total. The van der Waals surface area contributed by atoms with E-state index in [1.165, 1.54) is 0 Å². The van der Waals surface area contributed by atoms with E-state index < -0.39 is 0 Å². The molecule has 102 valence electrons. The van der Waals surface area contributed by atoms with Crippen molar-refractivity contribution >= 4 is 10.8 Å². The van der Waals surface area contributed by atoms with Crippen molar-refractivity contribution < 1.29 is 0 Å². The fourth-order valence-electron chi connectivity index (χ4n) is 2.24. The summed E-state index contributed by atoms with van der Waals surface area (Å²) in [4.78, 5) is 11.8. The second-order valence-corrected chi connectivity index (χ2v) is 4.55. The van der Waals surface area contributed by atoms with Gasteiger partial charge in [0.15, 0.2) is 0 Å². The average molecular weight is 269 g/mol. The number of nitrogens with zero attached hydrogens (tertiary/aromatic N) is 3. The standard InChI is InChI=1S/C14H15N5O/c1-2-19-8-10(7-16-19)9-3-4-11-12(5-9)13(6-15)17-18-14(11)20/h3-5,7-8H,2,6,15H2,1H3,(H,18,20). The Labute approximate surface area is 115 Å². The van der Waals surface area contributed by atoms with Gasteiger partial charge in [-0.15, -0.1) is 0 Å². The van der Waals surface area contributed by atoms with Crippen molar-refractivity contribution in [3.05, 3.63) is 46.6 Å². The summed E-state index contributed by atoms with van der Waals surface area (Å²) in [7, 11) is 0. The molecule has 20 heavy (non-hydrogen) atoms. The second-order valence-electron chi connectivity index (χ2n) is 4.55. The van der Waals surface area contributed by atoms with Crippen molar-refractivity contribution in [2.24, 2.45) is 5.73 Å². The summed E-state index contributed by atoms with van der Waals surface area (Å²) in [5.74, 6) is 0. The number of hydrogen-bond acceptors (Lipinski definition) is 4. The maximum atomic E-state index is 11.8. The van der Waals surface area contributed by atoms with Gasteiger partial charge in [-0.3, -0.25) is 9.48 Å². The third kappa shape index (κ3) is 2.00. The van der Waals surface area contributed by atoms with E-state index in [9.17, 15) is 4.79 Å². The number of benzene rings is 1. The lowest BCUT2D eigenvalue weighted by molar-refractivity contribution is 0.660. The molecule has 1 aromatic carbocycles. The minimum atomic E-state index is -0.201. The molecule has 0 aliphatic heterocycles. The molecule has 0 bridgehead atoms. The van der Waals surface area contributed by atoms with Crippen LogP contribution in [0, 0.1) is 0 Å². The molecule has 3 aromatic rings. The zero-order chi connectivity index (χ0) is 14.1. The Morgan fingerprint density at radius 3 is 2.85 bits per heavy atom. The van der Waals surface area contributed by atoms with Crippen molar-refractivity contribution in [2.75, 3.05) is 0 Å². The van der Waals surface area contributed by atoms with Crippen LogP contribution < -0.4 is 11.3 Å². The number of H-pyrrole nitrogens is 1. The monoisotopic (exact) mass is 269 g/mol. The molecule has 0 aliphatic carbocycles. The number of fused-ring (bicyclic) bond motifs is 1. The van der Waals surface area contributed by atoms with Gasteiger partial charge >= 0.3 is 0 Å². The summed E-state index contributed by atoms with van der Waals surface area (Å²) < 4.78 is 1.86. The summed E-state index contributed by atoms with van der Waals surface area (Å²) in [6.45, 7) is 3.14. The molecule has 2 heterocycles. The molecule has 0 spiro atoms. The van der Waals surface area contributed by atoms with E-state index in [2.05, 4.69) is 15.3 Å². The summed E-state index contributed by atoms with van der Waals surface area (Å²) in [5.41, 5.74) is 8.17. The topological polar surface area (TPSA) is 89.6 Å². The highest BCUT2D eigenvalue weighted by Crippen LogP contribution is 2.23. The summed E-state index contributed by atoms with van der Waals surface area (Å²) in [6.07, 6.45) is 3.79. The lowest BCUT2D eigenvalue weighted by Crippen LogP contribution is -2.13. The molecule has 0 amide bonds. The van der Waals surface area contributed by atoms with E-state index in [1.807, 2.05) is 36.1 Å². The van der Waals surface area contributed by atoms with E-state index in [-0.39, 0.29) is 12.1 Å². The normalized spacial score (nSPS) is 11.1. The Morgan fingerprint density at radius 2 is 2.15 bits per heavy atom. The molecule has 0 atom stereocenters. The maximum absolute atomic E-state index is 11.8. The van der Waals surface area contributed by atoms with Crippen LogP contribution >= 0.6 is 0 Å². The fourth-order valence-corrected chi connectivity index (χ4v) is 2.24. The van der Waals surface area contributed by atoms with Gasteiger partial charge in [-0.25, -0.2) is 5.10 Å². The Hall–Kier alpha value is -2.47. The highest BCUT2D eigenvalue weighted by Gasteiger charge is 2.08. The van der Waals surface area contributed by atoms with Crippen LogP contribution in [0.4, 0.5) is 0 Å². The van der Waals surface area contributed by atoms with Crippen molar-refractivity contribution in [3.8, 4) is 11.1 Å². The molecule has 0 radical (unpaired) electrons. The zero-order valence-electron chi connectivity index (χ0n) is 11.1. The minimum absolute atomic E-state index is 0.201. The largest absolute Gasteiger partial charge is 0.325 e. The quantitative estimate of drug-likeness (QED) is 0.749. The van der Waals surface area contributed by atoms with Crippen LogP contribution in [-0.2, 0) is 13.1 Å². The number of rotatable bonds is 3. The van der Waals surface area contributed by atoms with Crippen LogP contribution in [0.15, 0.2) is 35.4 Å². The minimum Gasteiger partial charge on any atom is -0.325 e. The van der Waals surface area contributed by atoms with Gasteiger partial charge in [0.05, 0.1) is 17.3 Å². The lowest BCUT2D eigenvalue weighted by atomic mass is 10.0. The first-order valence-electron chi connectivity index (χ1n) is 6.47. The van der Waals surface area contributed by atoms with Crippen LogP contribution in [0.25, 0.3) is 21.9 Å². The Kier molecular flexibility index (Phi) is 3.08. The number of nitrogens with two attached hydrogens (primary N) is 1. The first kappa shape index (κ1) is 12.6. The highest BCUT2D eigenvalue weighted by atomic mass is 16.1. The SMILES string of the molecule is CCn1cc(-c2ccc3c(=O)[nH]nc(CN)c3c2)cn1. The molecule has 0 fully saturated rings. The van der Waals surface area contributed by atoms with Gasteiger partial charge in [-0.2, -0.15) is 10.2 Å². The molecule has 0 aliphatic rings. The number of hydrogen-bond donors (Lipinski definition) is 2. The number of aromatic nitrogens is 4. The number of aryl methyl sites for hydroxylation is 1. The smallest absolute Gasteiger partial charge is 0.272 e. The highest BCUT2D eigenvalue weighted by molar-refractivity contribution is 5.88. The fraction of sp³-hybridized carbons (Fsp3) is 0.214. The predicted molar refractivity (Wildman–Crippen MR) is 77.2 cm³/mol. The molecule has 3 rings (SSSR count). The van der Waals surface area contributed by atoms with E-state index in [0.717, 1.165) is 23.1 Å². The van der Waals surface area contributed by atoms with Crippen molar-refractivity contribution in [3.63, 3.8) is 0 Å². The Morgan fingerprint density at radius 1 is 1.30 bits per heavy atom. The van der Waals surface area contributed by atoms with Gasteiger partial charge < -0.3 is 5.73 Å². The van der Waals surface area contributed by atoms with E-state index >= 15 is 0 Å². The van der Waals surface area contributed by atoms with Crippen LogP contribution in [-0.4, -0.2) is 20.0 Å². The van der Waals surface area contributed by atoms with E-state index in [0.29, 0.717) is 11.1 Å². The first-order chi connectivity index (χ1) is 9.72. The van der Waals surface area contributed by atoms with E-state index in [4.69, 9.17) is 5.73 Å². The van der Waals surface area contributed by atoms with Crippen LogP contribution in [0.2, 0.25) is 0 Å². The van der Waals surface area contributed by atoms with Crippen LogP contribution in [0.3, 0.4) is 0 Å². The summed E-state index contributed by atoms with van der Waals surface area (Å²) in [5, 5.41) is 12.1. The first-order valence-corrected chi connectivity index (χ1v) is 6.47. The van der Waals surface area contributed by atoms with Gasteiger partial charge in [0.2, 0.25) is 0 Å². The average Bonchev–Trinajstić information content (AvgIpc) is 2.96. The predicted octanol–water partition coefficient (Wildman–Crippen LogP) is 1.27. The zero-order valence-corrected chi connectivity index (χ0v) is 11.1. The third-order valence-corrected chi connectivity index (χ3v) is 3.35. The van der Waals surface area contributed by atoms with Gasteiger partial charge in [0, 0.05) is 30.2 Å². The molecular weight excluding hydrogens is 254 g/mol.